The average molecular weight is 260 g/mol. The largest absolute Gasteiger partial charge is 0.339 e. The van der Waals surface area contributed by atoms with Crippen LogP contribution in [-0.4, -0.2) is 30.4 Å². The first-order chi connectivity index (χ1) is 9.13. The van der Waals surface area contributed by atoms with Gasteiger partial charge in [0, 0.05) is 18.7 Å². The summed E-state index contributed by atoms with van der Waals surface area (Å²) in [6.07, 6.45) is 3.17. The molecule has 1 aromatic rings. The van der Waals surface area contributed by atoms with Crippen LogP contribution in [0.4, 0.5) is 4.39 Å². The molecule has 1 fully saturated rings. The molecule has 2 rings (SSSR count). The van der Waals surface area contributed by atoms with Crippen molar-refractivity contribution in [2.75, 3.05) is 13.6 Å². The van der Waals surface area contributed by atoms with Crippen LogP contribution in [0.2, 0.25) is 0 Å². The molecular weight excluding hydrogens is 243 g/mol. The number of amides is 1. The minimum absolute atomic E-state index is 0.175. The number of nitrogens with two attached hydrogens (primary N) is 1. The summed E-state index contributed by atoms with van der Waals surface area (Å²) in [5, 5.41) is 0. The van der Waals surface area contributed by atoms with E-state index >= 15 is 0 Å². The van der Waals surface area contributed by atoms with E-state index in [4.69, 9.17) is 5.73 Å². The van der Waals surface area contributed by atoms with E-state index in [-0.39, 0.29) is 18.5 Å². The van der Waals surface area contributed by atoms with Crippen LogP contribution in [0.3, 0.4) is 0 Å². The van der Waals surface area contributed by atoms with Gasteiger partial charge in [0.05, 0.1) is 12.1 Å². The number of hydrogen-bond donors (Lipinski definition) is 1. The van der Waals surface area contributed by atoms with Crippen molar-refractivity contribution >= 4 is 5.91 Å². The van der Waals surface area contributed by atoms with Gasteiger partial charge in [-0.25, -0.2) is 4.39 Å². The summed E-state index contributed by atoms with van der Waals surface area (Å²) >= 11 is 0. The number of hydrogen-bond acceptors (Lipinski definition) is 2. The van der Waals surface area contributed by atoms with Gasteiger partial charge in [0.1, 0.15) is 5.82 Å². The molecule has 0 saturated heterocycles. The van der Waals surface area contributed by atoms with Gasteiger partial charge in [0.2, 0.25) is 0 Å². The molecule has 3 nitrogen and oxygen atoms in total. The Morgan fingerprint density at radius 1 is 1.53 bits per heavy atom. The van der Waals surface area contributed by atoms with Gasteiger partial charge in [0.25, 0.3) is 5.91 Å². The Bertz CT molecular complexity index is 541. The van der Waals surface area contributed by atoms with E-state index < -0.39 is 5.82 Å². The van der Waals surface area contributed by atoms with Gasteiger partial charge in [-0.3, -0.25) is 4.79 Å². The minimum atomic E-state index is -0.427. The maximum absolute atomic E-state index is 13.3. The molecule has 100 valence electrons. The van der Waals surface area contributed by atoms with Crippen LogP contribution < -0.4 is 5.73 Å². The van der Waals surface area contributed by atoms with Crippen LogP contribution in [0, 0.1) is 17.7 Å². The van der Waals surface area contributed by atoms with Gasteiger partial charge < -0.3 is 10.6 Å². The van der Waals surface area contributed by atoms with E-state index in [1.807, 2.05) is 0 Å². The zero-order valence-corrected chi connectivity index (χ0v) is 10.9. The van der Waals surface area contributed by atoms with E-state index in [1.54, 1.807) is 11.9 Å². The molecule has 0 atom stereocenters. The predicted molar refractivity (Wildman–Crippen MR) is 72.1 cm³/mol. The van der Waals surface area contributed by atoms with E-state index in [2.05, 4.69) is 11.8 Å². The number of nitrogens with zero attached hydrogens (tertiary/aromatic N) is 1. The molecule has 0 spiro atoms. The summed E-state index contributed by atoms with van der Waals surface area (Å²) < 4.78 is 13.3. The minimum Gasteiger partial charge on any atom is -0.339 e. The lowest BCUT2D eigenvalue weighted by atomic mass is 9.91. The number of carbonyl (C=O) groups excluding carboxylic acids is 1. The number of benzene rings is 1. The van der Waals surface area contributed by atoms with Crippen LogP contribution in [0.25, 0.3) is 0 Å². The second kappa shape index (κ2) is 5.85. The highest BCUT2D eigenvalue weighted by atomic mass is 19.1. The van der Waals surface area contributed by atoms with Crippen LogP contribution in [0.15, 0.2) is 18.2 Å². The Hall–Kier alpha value is -1.86. The maximum atomic E-state index is 13.3. The lowest BCUT2D eigenvalue weighted by Gasteiger charge is -2.34. The third-order valence-corrected chi connectivity index (χ3v) is 3.48. The Morgan fingerprint density at radius 3 is 2.84 bits per heavy atom. The smallest absolute Gasteiger partial charge is 0.255 e. The molecule has 0 aliphatic heterocycles. The second-order valence-electron chi connectivity index (χ2n) is 4.70. The standard InChI is InChI=1S/C15H17FN2O/c1-18(13-5-2-6-13)15(19)14-10-12(16)8-7-11(14)4-3-9-17/h7-8,10,13H,2,5-6,9,17H2,1H3. The molecule has 1 amide bonds. The Balaban J connectivity index is 2.30. The first kappa shape index (κ1) is 13.6. The molecule has 0 heterocycles. The molecule has 4 heteroatoms. The monoisotopic (exact) mass is 260 g/mol. The Kier molecular flexibility index (Phi) is 4.18. The Labute approximate surface area is 112 Å². The predicted octanol–water partition coefficient (Wildman–Crippen LogP) is 1.76. The van der Waals surface area contributed by atoms with Crippen molar-refractivity contribution in [3.8, 4) is 11.8 Å². The summed E-state index contributed by atoms with van der Waals surface area (Å²) in [6, 6.07) is 4.35. The lowest BCUT2D eigenvalue weighted by molar-refractivity contribution is 0.0651. The van der Waals surface area contributed by atoms with E-state index in [0.29, 0.717) is 11.1 Å². The van der Waals surface area contributed by atoms with E-state index in [9.17, 15) is 9.18 Å². The third-order valence-electron chi connectivity index (χ3n) is 3.48. The highest BCUT2D eigenvalue weighted by Gasteiger charge is 2.27. The first-order valence-electron chi connectivity index (χ1n) is 6.39. The van der Waals surface area contributed by atoms with Crippen molar-refractivity contribution in [3.05, 3.63) is 35.1 Å². The van der Waals surface area contributed by atoms with Crippen LogP contribution in [0.5, 0.6) is 0 Å². The lowest BCUT2D eigenvalue weighted by Crippen LogP contribution is -2.41. The molecule has 0 bridgehead atoms. The summed E-state index contributed by atoms with van der Waals surface area (Å²) in [5.41, 5.74) is 6.17. The summed E-state index contributed by atoms with van der Waals surface area (Å²) in [5.74, 6) is 4.92. The Morgan fingerprint density at radius 2 is 2.26 bits per heavy atom. The molecule has 1 saturated carbocycles. The molecule has 19 heavy (non-hydrogen) atoms. The molecule has 2 N–H and O–H groups in total. The average Bonchev–Trinajstić information content (AvgIpc) is 2.34. The van der Waals surface area contributed by atoms with Crippen LogP contribution >= 0.6 is 0 Å². The molecular formula is C15H17FN2O. The fourth-order valence-corrected chi connectivity index (χ4v) is 2.08. The summed E-state index contributed by atoms with van der Waals surface area (Å²) in [7, 11) is 1.76. The molecule has 0 unspecified atom stereocenters. The first-order valence-corrected chi connectivity index (χ1v) is 6.39. The van der Waals surface area contributed by atoms with Crippen molar-refractivity contribution < 1.29 is 9.18 Å². The van der Waals surface area contributed by atoms with Gasteiger partial charge in [-0.2, -0.15) is 0 Å². The van der Waals surface area contributed by atoms with Crippen molar-refractivity contribution in [2.24, 2.45) is 5.73 Å². The topological polar surface area (TPSA) is 46.3 Å². The number of halogens is 1. The fraction of sp³-hybridized carbons (Fsp3) is 0.400. The molecule has 0 aromatic heterocycles. The van der Waals surface area contributed by atoms with Crippen LogP contribution in [0.1, 0.15) is 35.2 Å². The van der Waals surface area contributed by atoms with Crippen molar-refractivity contribution in [2.45, 2.75) is 25.3 Å². The quantitative estimate of drug-likeness (QED) is 0.824. The van der Waals surface area contributed by atoms with Gasteiger partial charge in [-0.15, -0.1) is 0 Å². The summed E-state index contributed by atoms with van der Waals surface area (Å²) in [4.78, 5) is 14.1. The van der Waals surface area contributed by atoms with Gasteiger partial charge in [-0.05, 0) is 37.5 Å². The van der Waals surface area contributed by atoms with Crippen molar-refractivity contribution in [1.29, 1.82) is 0 Å². The third kappa shape index (κ3) is 2.94. The second-order valence-corrected chi connectivity index (χ2v) is 4.70. The SMILES string of the molecule is CN(C(=O)c1cc(F)ccc1C#CCN)C1CCC1. The van der Waals surface area contributed by atoms with E-state index in [1.165, 1.54) is 18.2 Å². The molecule has 1 aliphatic carbocycles. The summed E-state index contributed by atoms with van der Waals surface area (Å²) in [6.45, 7) is 0.212. The maximum Gasteiger partial charge on any atom is 0.255 e. The zero-order valence-electron chi connectivity index (χ0n) is 10.9. The van der Waals surface area contributed by atoms with Crippen molar-refractivity contribution in [1.82, 2.24) is 4.90 Å². The van der Waals surface area contributed by atoms with Gasteiger partial charge in [0.15, 0.2) is 0 Å². The fourth-order valence-electron chi connectivity index (χ4n) is 2.08. The zero-order chi connectivity index (χ0) is 13.8. The van der Waals surface area contributed by atoms with E-state index in [0.717, 1.165) is 19.3 Å². The molecule has 1 aromatic carbocycles. The highest BCUT2D eigenvalue weighted by molar-refractivity contribution is 5.96. The van der Waals surface area contributed by atoms with Crippen LogP contribution in [-0.2, 0) is 0 Å². The number of rotatable bonds is 2. The number of carbonyl (C=O) groups is 1. The van der Waals surface area contributed by atoms with Gasteiger partial charge in [-0.1, -0.05) is 11.8 Å². The van der Waals surface area contributed by atoms with Crippen molar-refractivity contribution in [3.63, 3.8) is 0 Å². The normalized spacial score (nSPS) is 14.3. The van der Waals surface area contributed by atoms with Gasteiger partial charge >= 0.3 is 0 Å². The molecule has 1 aliphatic rings. The highest BCUT2D eigenvalue weighted by Crippen LogP contribution is 2.25. The molecule has 0 radical (unpaired) electrons.